The van der Waals surface area contributed by atoms with E-state index in [-0.39, 0.29) is 5.97 Å². The Bertz CT molecular complexity index is 1090. The minimum atomic E-state index is -0.211. The average molecular weight is 390 g/mol. The molecule has 0 saturated heterocycles. The van der Waals surface area contributed by atoms with Gasteiger partial charge in [-0.3, -0.25) is 9.89 Å². The topological polar surface area (TPSA) is 97.2 Å². The number of nitrogens with zero attached hydrogens (tertiary/aromatic N) is 4. The van der Waals surface area contributed by atoms with Crippen LogP contribution in [-0.4, -0.2) is 37.4 Å². The quantitative estimate of drug-likeness (QED) is 0.503. The number of rotatable bonds is 5. The summed E-state index contributed by atoms with van der Waals surface area (Å²) < 4.78 is 6.19. The Labute approximate surface area is 168 Å². The zero-order valence-corrected chi connectivity index (χ0v) is 16.3. The number of carbonyl (C=O) groups is 1. The van der Waals surface area contributed by atoms with Gasteiger partial charge in [-0.2, -0.15) is 5.10 Å². The fourth-order valence-corrected chi connectivity index (χ4v) is 2.58. The van der Waals surface area contributed by atoms with E-state index in [1.165, 1.54) is 6.92 Å². The van der Waals surface area contributed by atoms with Crippen molar-refractivity contribution in [2.45, 2.75) is 13.8 Å². The Hall–Kier alpha value is -3.94. The van der Waals surface area contributed by atoms with E-state index in [9.17, 15) is 4.79 Å². The minimum absolute atomic E-state index is 0.211. The summed E-state index contributed by atoms with van der Waals surface area (Å²) in [6.45, 7) is 7.79. The van der Waals surface area contributed by atoms with Gasteiger partial charge < -0.3 is 10.1 Å². The van der Waals surface area contributed by atoms with Crippen molar-refractivity contribution in [3.63, 3.8) is 0 Å². The highest BCUT2D eigenvalue weighted by atomic mass is 16.5. The largest absolute Gasteiger partial charge is 0.466 e. The molecule has 3 aromatic heterocycles. The number of anilines is 2. The number of aromatic amines is 1. The number of hydrogen-bond acceptors (Lipinski definition) is 6. The Balaban J connectivity index is 0.000000353. The number of benzene rings is 1. The van der Waals surface area contributed by atoms with Crippen LogP contribution in [0.3, 0.4) is 0 Å². The van der Waals surface area contributed by atoms with E-state index < -0.39 is 0 Å². The number of hydrogen-bond donors (Lipinski definition) is 2. The van der Waals surface area contributed by atoms with Gasteiger partial charge >= 0.3 is 5.97 Å². The molecule has 0 bridgehead atoms. The molecule has 0 aliphatic carbocycles. The molecule has 0 spiro atoms. The third-order valence-electron chi connectivity index (χ3n) is 3.88. The Kier molecular flexibility index (Phi) is 6.36. The lowest BCUT2D eigenvalue weighted by Crippen LogP contribution is -2.06. The maximum absolute atomic E-state index is 9.82. The molecule has 148 valence electrons. The van der Waals surface area contributed by atoms with E-state index in [4.69, 9.17) is 0 Å². The molecule has 2 N–H and O–H groups in total. The first-order valence-corrected chi connectivity index (χ1v) is 9.08. The van der Waals surface area contributed by atoms with Gasteiger partial charge in [-0.15, -0.1) is 5.10 Å². The molecule has 0 aliphatic rings. The van der Waals surface area contributed by atoms with Gasteiger partial charge in [-0.25, -0.2) is 9.50 Å². The maximum atomic E-state index is 9.82. The molecule has 8 heteroatoms. The Morgan fingerprint density at radius 2 is 2.00 bits per heavy atom. The lowest BCUT2D eigenvalue weighted by Gasteiger charge is -2.10. The first-order valence-electron chi connectivity index (χ1n) is 9.08. The van der Waals surface area contributed by atoms with Gasteiger partial charge in [0.2, 0.25) is 0 Å². The van der Waals surface area contributed by atoms with Crippen molar-refractivity contribution in [3.05, 3.63) is 78.9 Å². The van der Waals surface area contributed by atoms with Crippen molar-refractivity contribution >= 4 is 28.7 Å². The molecular weight excluding hydrogens is 368 g/mol. The van der Waals surface area contributed by atoms with Crippen LogP contribution < -0.4 is 5.32 Å². The van der Waals surface area contributed by atoms with E-state index >= 15 is 0 Å². The zero-order valence-electron chi connectivity index (χ0n) is 16.3. The van der Waals surface area contributed by atoms with Crippen LogP contribution in [0.4, 0.5) is 11.6 Å². The van der Waals surface area contributed by atoms with Crippen molar-refractivity contribution in [1.29, 1.82) is 0 Å². The average Bonchev–Trinajstić information content (AvgIpc) is 3.40. The molecule has 29 heavy (non-hydrogen) atoms. The number of aromatic nitrogens is 5. The molecule has 0 radical (unpaired) electrons. The number of ether oxygens (including phenoxy) is 1. The van der Waals surface area contributed by atoms with Crippen LogP contribution in [-0.2, 0) is 9.53 Å². The van der Waals surface area contributed by atoms with Gasteiger partial charge in [0.25, 0.3) is 0 Å². The van der Waals surface area contributed by atoms with E-state index in [1.807, 2.05) is 54.7 Å². The molecule has 1 aromatic carbocycles. The van der Waals surface area contributed by atoms with Crippen molar-refractivity contribution in [1.82, 2.24) is 24.8 Å². The highest BCUT2D eigenvalue weighted by Crippen LogP contribution is 2.23. The van der Waals surface area contributed by atoms with Crippen LogP contribution in [0.15, 0.2) is 67.5 Å². The number of fused-ring (bicyclic) bond motifs is 1. The van der Waals surface area contributed by atoms with Crippen molar-refractivity contribution in [2.24, 2.45) is 0 Å². The lowest BCUT2D eigenvalue weighted by molar-refractivity contribution is -0.140. The first kappa shape index (κ1) is 19.8. The molecule has 4 rings (SSSR count). The second-order valence-electron chi connectivity index (χ2n) is 5.99. The van der Waals surface area contributed by atoms with Crippen LogP contribution in [0, 0.1) is 0 Å². The summed E-state index contributed by atoms with van der Waals surface area (Å²) in [6, 6.07) is 15.6. The van der Waals surface area contributed by atoms with Crippen LogP contribution >= 0.6 is 0 Å². The molecule has 0 atom stereocenters. The van der Waals surface area contributed by atoms with Gasteiger partial charge in [0.05, 0.1) is 12.8 Å². The normalized spacial score (nSPS) is 10.1. The molecule has 8 nitrogen and oxygen atoms in total. The summed E-state index contributed by atoms with van der Waals surface area (Å²) in [7, 11) is 0. The van der Waals surface area contributed by atoms with Crippen LogP contribution in [0.5, 0.6) is 0 Å². The Morgan fingerprint density at radius 3 is 2.62 bits per heavy atom. The predicted octanol–water partition coefficient (Wildman–Crippen LogP) is 3.83. The molecule has 4 aromatic rings. The van der Waals surface area contributed by atoms with Crippen molar-refractivity contribution in [2.75, 3.05) is 11.9 Å². The number of esters is 1. The standard InChI is InChI=1S/C17H14N6.C4H8O2/c1-12(13-6-3-2-4-7-13)16-20-17(19-15-9-10-18-21-15)14-8-5-11-23(14)22-16;1-3-6-4(2)5/h2-11H,1H2,(H2,18,19,20,21,22);3H2,1-2H3. The van der Waals surface area contributed by atoms with E-state index in [0.29, 0.717) is 18.2 Å². The van der Waals surface area contributed by atoms with Crippen molar-refractivity contribution < 1.29 is 9.53 Å². The second-order valence-corrected chi connectivity index (χ2v) is 5.99. The van der Waals surface area contributed by atoms with Gasteiger partial charge in [-0.05, 0) is 24.6 Å². The van der Waals surface area contributed by atoms with E-state index in [0.717, 1.165) is 22.5 Å². The molecule has 0 unspecified atom stereocenters. The van der Waals surface area contributed by atoms with Crippen LogP contribution in [0.1, 0.15) is 25.2 Å². The highest BCUT2D eigenvalue weighted by Gasteiger charge is 2.12. The SMILES string of the molecule is C=C(c1ccccc1)c1nc(Nc2ccn[nH]2)c2cccn2n1.CCOC(C)=O. The first-order chi connectivity index (χ1) is 14.1. The van der Waals surface area contributed by atoms with Crippen molar-refractivity contribution in [3.8, 4) is 0 Å². The third-order valence-corrected chi connectivity index (χ3v) is 3.88. The van der Waals surface area contributed by atoms with Gasteiger partial charge in [-0.1, -0.05) is 36.9 Å². The smallest absolute Gasteiger partial charge is 0.302 e. The molecule has 0 amide bonds. The summed E-state index contributed by atoms with van der Waals surface area (Å²) >= 11 is 0. The summed E-state index contributed by atoms with van der Waals surface area (Å²) in [6.07, 6.45) is 3.57. The molecular formula is C21H22N6O2. The molecule has 3 heterocycles. The maximum Gasteiger partial charge on any atom is 0.302 e. The van der Waals surface area contributed by atoms with Gasteiger partial charge in [0.1, 0.15) is 11.3 Å². The predicted molar refractivity (Wildman–Crippen MR) is 112 cm³/mol. The summed E-state index contributed by atoms with van der Waals surface area (Å²) in [4.78, 5) is 14.5. The van der Waals surface area contributed by atoms with E-state index in [2.05, 4.69) is 36.9 Å². The van der Waals surface area contributed by atoms with E-state index in [1.54, 1.807) is 17.6 Å². The van der Waals surface area contributed by atoms with Gasteiger partial charge in [0, 0.05) is 24.8 Å². The lowest BCUT2D eigenvalue weighted by atomic mass is 10.1. The van der Waals surface area contributed by atoms with Gasteiger partial charge in [0.15, 0.2) is 11.6 Å². The molecule has 0 aliphatic heterocycles. The number of nitrogens with one attached hydrogen (secondary N) is 2. The second kappa shape index (κ2) is 9.32. The molecule has 0 fully saturated rings. The monoisotopic (exact) mass is 390 g/mol. The number of carbonyl (C=O) groups excluding carboxylic acids is 1. The minimum Gasteiger partial charge on any atom is -0.466 e. The summed E-state index contributed by atoms with van der Waals surface area (Å²) in [5.74, 6) is 1.82. The zero-order chi connectivity index (χ0) is 20.6. The highest BCUT2D eigenvalue weighted by molar-refractivity contribution is 5.78. The van der Waals surface area contributed by atoms with Crippen LogP contribution in [0.25, 0.3) is 11.1 Å². The van der Waals surface area contributed by atoms with Crippen LogP contribution in [0.2, 0.25) is 0 Å². The fourth-order valence-electron chi connectivity index (χ4n) is 2.58. The Morgan fingerprint density at radius 1 is 1.21 bits per heavy atom. The number of H-pyrrole nitrogens is 1. The fraction of sp³-hybridized carbons (Fsp3) is 0.143. The third kappa shape index (κ3) is 5.07. The molecule has 0 saturated carbocycles. The summed E-state index contributed by atoms with van der Waals surface area (Å²) in [5, 5.41) is 14.6. The summed E-state index contributed by atoms with van der Waals surface area (Å²) in [5.41, 5.74) is 2.64.